The number of hydrogen-bond acceptors (Lipinski definition) is 3. The molecule has 23 heavy (non-hydrogen) atoms. The van der Waals surface area contributed by atoms with Crippen molar-refractivity contribution in [2.75, 3.05) is 26.7 Å². The van der Waals surface area contributed by atoms with Crippen molar-refractivity contribution in [2.45, 2.75) is 39.8 Å². The molecule has 0 radical (unpaired) electrons. The summed E-state index contributed by atoms with van der Waals surface area (Å²) in [5, 5.41) is 4.43. The van der Waals surface area contributed by atoms with E-state index in [9.17, 15) is 0 Å². The van der Waals surface area contributed by atoms with E-state index in [-0.39, 0.29) is 0 Å². The number of nitrogens with zero attached hydrogens (tertiary/aromatic N) is 2. The maximum absolute atomic E-state index is 2.59. The first-order valence-corrected chi connectivity index (χ1v) is 9.57. The van der Waals surface area contributed by atoms with Gasteiger partial charge in [-0.1, -0.05) is 12.1 Å². The largest absolute Gasteiger partial charge is 0.306 e. The molecule has 0 saturated carbocycles. The average molecular weight is 329 g/mol. The van der Waals surface area contributed by atoms with E-state index in [4.69, 9.17) is 0 Å². The molecule has 124 valence electrons. The molecule has 0 fully saturated rings. The summed E-state index contributed by atoms with van der Waals surface area (Å²) in [6.45, 7) is 10.3. The molecule has 2 heterocycles. The smallest absolute Gasteiger partial charge is 0.0240 e. The Morgan fingerprint density at radius 1 is 1.09 bits per heavy atom. The van der Waals surface area contributed by atoms with Crippen LogP contribution in [0.3, 0.4) is 0 Å². The summed E-state index contributed by atoms with van der Waals surface area (Å²) < 4.78 is 0. The lowest BCUT2D eigenvalue weighted by Crippen LogP contribution is -2.26. The number of thiophene rings is 1. The molecular weight excluding hydrogens is 300 g/mol. The standard InChI is InChI=1S/C20H28N2S/c1-16-11-19-13-22(14-20(19)12-17(16)2)8-4-7-21(3)9-5-18-6-10-23-15-18/h6,10-12,15H,4-5,7-9,13-14H2,1-3H3. The Balaban J connectivity index is 1.38. The van der Waals surface area contributed by atoms with Crippen molar-refractivity contribution in [2.24, 2.45) is 0 Å². The molecule has 3 heteroatoms. The van der Waals surface area contributed by atoms with Crippen LogP contribution < -0.4 is 0 Å². The topological polar surface area (TPSA) is 6.48 Å². The first-order chi connectivity index (χ1) is 11.1. The van der Waals surface area contributed by atoms with E-state index < -0.39 is 0 Å². The quantitative estimate of drug-likeness (QED) is 0.750. The predicted octanol–water partition coefficient (Wildman–Crippen LogP) is 4.25. The minimum Gasteiger partial charge on any atom is -0.306 e. The van der Waals surface area contributed by atoms with Crippen LogP contribution in [0.1, 0.15) is 34.2 Å². The monoisotopic (exact) mass is 328 g/mol. The van der Waals surface area contributed by atoms with E-state index in [1.165, 1.54) is 42.6 Å². The predicted molar refractivity (Wildman–Crippen MR) is 100 cm³/mol. The van der Waals surface area contributed by atoms with Gasteiger partial charge in [-0.15, -0.1) is 0 Å². The molecule has 1 aromatic carbocycles. The van der Waals surface area contributed by atoms with Gasteiger partial charge in [-0.25, -0.2) is 0 Å². The fourth-order valence-corrected chi connectivity index (χ4v) is 4.06. The molecule has 0 unspecified atom stereocenters. The molecule has 1 aliphatic rings. The van der Waals surface area contributed by atoms with Crippen LogP contribution in [0.2, 0.25) is 0 Å². The fraction of sp³-hybridized carbons (Fsp3) is 0.500. The van der Waals surface area contributed by atoms with Crippen molar-refractivity contribution in [3.8, 4) is 0 Å². The molecule has 0 amide bonds. The van der Waals surface area contributed by atoms with Crippen molar-refractivity contribution >= 4 is 11.3 Å². The lowest BCUT2D eigenvalue weighted by Gasteiger charge is -2.19. The zero-order valence-electron chi connectivity index (χ0n) is 14.6. The van der Waals surface area contributed by atoms with Crippen LogP contribution in [0.25, 0.3) is 0 Å². The van der Waals surface area contributed by atoms with E-state index >= 15 is 0 Å². The van der Waals surface area contributed by atoms with Crippen molar-refractivity contribution in [3.63, 3.8) is 0 Å². The Morgan fingerprint density at radius 3 is 2.39 bits per heavy atom. The van der Waals surface area contributed by atoms with Crippen molar-refractivity contribution in [1.29, 1.82) is 0 Å². The first kappa shape index (κ1) is 16.7. The molecule has 3 rings (SSSR count). The Morgan fingerprint density at radius 2 is 1.78 bits per heavy atom. The second-order valence-corrected chi connectivity index (χ2v) is 7.73. The lowest BCUT2D eigenvalue weighted by molar-refractivity contribution is 0.251. The summed E-state index contributed by atoms with van der Waals surface area (Å²) in [6.07, 6.45) is 2.43. The van der Waals surface area contributed by atoms with Gasteiger partial charge >= 0.3 is 0 Å². The second-order valence-electron chi connectivity index (χ2n) is 6.95. The highest BCUT2D eigenvalue weighted by Gasteiger charge is 2.19. The first-order valence-electron chi connectivity index (χ1n) is 8.63. The van der Waals surface area contributed by atoms with Gasteiger partial charge in [0, 0.05) is 26.2 Å². The van der Waals surface area contributed by atoms with Gasteiger partial charge < -0.3 is 4.90 Å². The molecule has 0 atom stereocenters. The number of aryl methyl sites for hydroxylation is 2. The summed E-state index contributed by atoms with van der Waals surface area (Å²) in [6, 6.07) is 7.01. The normalized spacial score (nSPS) is 14.6. The summed E-state index contributed by atoms with van der Waals surface area (Å²) >= 11 is 1.80. The third-order valence-corrected chi connectivity index (χ3v) is 5.71. The molecule has 0 spiro atoms. The highest BCUT2D eigenvalue weighted by molar-refractivity contribution is 7.07. The van der Waals surface area contributed by atoms with Crippen LogP contribution in [-0.4, -0.2) is 36.5 Å². The molecule has 0 saturated heterocycles. The Hall–Kier alpha value is -1.16. The van der Waals surface area contributed by atoms with Gasteiger partial charge in [-0.05, 0) is 84.9 Å². The van der Waals surface area contributed by atoms with E-state index in [0.717, 1.165) is 19.6 Å². The van der Waals surface area contributed by atoms with Gasteiger partial charge in [0.15, 0.2) is 0 Å². The summed E-state index contributed by atoms with van der Waals surface area (Å²) in [5.41, 5.74) is 7.41. The minimum atomic E-state index is 1.13. The number of fused-ring (bicyclic) bond motifs is 1. The number of likely N-dealkylation sites (N-methyl/N-ethyl adjacent to an activating group) is 1. The molecule has 0 N–H and O–H groups in total. The fourth-order valence-electron chi connectivity index (χ4n) is 3.36. The van der Waals surface area contributed by atoms with Crippen LogP contribution in [0.5, 0.6) is 0 Å². The summed E-state index contributed by atoms with van der Waals surface area (Å²) in [5.74, 6) is 0. The highest BCUT2D eigenvalue weighted by atomic mass is 32.1. The van der Waals surface area contributed by atoms with Crippen LogP contribution >= 0.6 is 11.3 Å². The molecule has 1 aliphatic heterocycles. The van der Waals surface area contributed by atoms with Gasteiger partial charge in [-0.3, -0.25) is 4.90 Å². The number of rotatable bonds is 7. The van der Waals surface area contributed by atoms with Crippen molar-refractivity contribution in [1.82, 2.24) is 9.80 Å². The average Bonchev–Trinajstić information content (AvgIpc) is 3.15. The van der Waals surface area contributed by atoms with Gasteiger partial charge in [0.25, 0.3) is 0 Å². The number of benzene rings is 1. The van der Waals surface area contributed by atoms with Gasteiger partial charge in [0.1, 0.15) is 0 Å². The van der Waals surface area contributed by atoms with E-state index in [2.05, 4.69) is 59.7 Å². The molecule has 0 bridgehead atoms. The third-order valence-electron chi connectivity index (χ3n) is 4.98. The Labute approximate surface area is 144 Å². The molecular formula is C20H28N2S. The Bertz CT molecular complexity index is 602. The number of hydrogen-bond donors (Lipinski definition) is 0. The highest BCUT2D eigenvalue weighted by Crippen LogP contribution is 2.25. The SMILES string of the molecule is Cc1cc2c(cc1C)CN(CCCN(C)CCc1ccsc1)C2. The maximum Gasteiger partial charge on any atom is 0.0240 e. The second kappa shape index (κ2) is 7.61. The zero-order chi connectivity index (χ0) is 16.2. The van der Waals surface area contributed by atoms with Crippen molar-refractivity contribution in [3.05, 3.63) is 56.8 Å². The summed E-state index contributed by atoms with van der Waals surface area (Å²) in [4.78, 5) is 5.06. The van der Waals surface area contributed by atoms with Gasteiger partial charge in [0.2, 0.25) is 0 Å². The lowest BCUT2D eigenvalue weighted by atomic mass is 10.0. The van der Waals surface area contributed by atoms with Gasteiger partial charge in [-0.2, -0.15) is 11.3 Å². The van der Waals surface area contributed by atoms with Crippen LogP contribution in [0.4, 0.5) is 0 Å². The zero-order valence-corrected chi connectivity index (χ0v) is 15.5. The van der Waals surface area contributed by atoms with E-state index in [1.54, 1.807) is 22.5 Å². The molecule has 0 aliphatic carbocycles. The Kier molecular flexibility index (Phi) is 5.52. The third kappa shape index (κ3) is 4.43. The van der Waals surface area contributed by atoms with E-state index in [0.29, 0.717) is 0 Å². The summed E-state index contributed by atoms with van der Waals surface area (Å²) in [7, 11) is 2.25. The van der Waals surface area contributed by atoms with Crippen LogP contribution in [0, 0.1) is 13.8 Å². The van der Waals surface area contributed by atoms with E-state index in [1.807, 2.05) is 0 Å². The van der Waals surface area contributed by atoms with Crippen molar-refractivity contribution < 1.29 is 0 Å². The van der Waals surface area contributed by atoms with Crippen LogP contribution in [0.15, 0.2) is 29.0 Å². The van der Waals surface area contributed by atoms with Gasteiger partial charge in [0.05, 0.1) is 0 Å². The van der Waals surface area contributed by atoms with Crippen LogP contribution in [-0.2, 0) is 19.5 Å². The molecule has 2 nitrogen and oxygen atoms in total. The maximum atomic E-state index is 2.59. The molecule has 2 aromatic rings. The minimum absolute atomic E-state index is 1.13. The molecule has 1 aromatic heterocycles.